The van der Waals surface area contributed by atoms with Gasteiger partial charge in [-0.05, 0) is 0 Å². The Balaban J connectivity index is 3.06. The van der Waals surface area contributed by atoms with E-state index in [4.69, 9.17) is 11.6 Å². The molecular formula is C5H3ClF2N2. The molecule has 0 aliphatic carbocycles. The summed E-state index contributed by atoms with van der Waals surface area (Å²) < 4.78 is 24.3. The van der Waals surface area contributed by atoms with Gasteiger partial charge in [-0.3, -0.25) is 0 Å². The number of aromatic nitrogens is 2. The molecule has 0 atom stereocenters. The molecule has 54 valence electrons. The lowest BCUT2D eigenvalue weighted by molar-refractivity contribution is 0.517. The zero-order valence-electron chi connectivity index (χ0n) is 4.81. The van der Waals surface area contributed by atoms with Gasteiger partial charge < -0.3 is 0 Å². The number of rotatable bonds is 1. The normalized spacial score (nSPS) is 9.90. The zero-order valence-corrected chi connectivity index (χ0v) is 5.57. The van der Waals surface area contributed by atoms with Gasteiger partial charge in [-0.2, -0.15) is 8.78 Å². The average Bonchev–Trinajstić information content (AvgIpc) is 1.85. The summed E-state index contributed by atoms with van der Waals surface area (Å²) in [6, 6.07) is 0.593. The smallest absolute Gasteiger partial charge is 0.203 e. The first kappa shape index (κ1) is 7.34. The SMILES string of the molecule is Fc1cc(F)nc(CCl)n1. The van der Waals surface area contributed by atoms with E-state index in [2.05, 4.69) is 9.97 Å². The standard InChI is InChI=1S/C5H3ClF2N2/c6-2-5-9-3(7)1-4(8)10-5/h1H,2H2. The predicted molar refractivity (Wildman–Crippen MR) is 31.5 cm³/mol. The molecule has 2 nitrogen and oxygen atoms in total. The van der Waals surface area contributed by atoms with Crippen molar-refractivity contribution in [3.8, 4) is 0 Å². The lowest BCUT2D eigenvalue weighted by atomic mass is 10.6. The van der Waals surface area contributed by atoms with Crippen LogP contribution in [-0.4, -0.2) is 9.97 Å². The van der Waals surface area contributed by atoms with E-state index in [-0.39, 0.29) is 11.7 Å². The summed E-state index contributed by atoms with van der Waals surface area (Å²) in [6.45, 7) is 0. The van der Waals surface area contributed by atoms with Crippen LogP contribution in [0.15, 0.2) is 6.07 Å². The minimum Gasteiger partial charge on any atom is -0.203 e. The van der Waals surface area contributed by atoms with Gasteiger partial charge in [-0.1, -0.05) is 0 Å². The molecule has 0 aliphatic heterocycles. The van der Waals surface area contributed by atoms with Gasteiger partial charge in [0.25, 0.3) is 0 Å². The largest absolute Gasteiger partial charge is 0.219 e. The van der Waals surface area contributed by atoms with Gasteiger partial charge >= 0.3 is 0 Å². The van der Waals surface area contributed by atoms with Crippen molar-refractivity contribution in [1.29, 1.82) is 0 Å². The highest BCUT2D eigenvalue weighted by molar-refractivity contribution is 6.16. The van der Waals surface area contributed by atoms with Crippen LogP contribution in [0.2, 0.25) is 0 Å². The summed E-state index contributed by atoms with van der Waals surface area (Å²) in [5.74, 6) is -1.93. The van der Waals surface area contributed by atoms with Gasteiger partial charge in [-0.25, -0.2) is 9.97 Å². The summed E-state index contributed by atoms with van der Waals surface area (Å²) >= 11 is 5.21. The van der Waals surface area contributed by atoms with E-state index >= 15 is 0 Å². The highest BCUT2D eigenvalue weighted by Gasteiger charge is 2.00. The average molecular weight is 165 g/mol. The molecule has 0 spiro atoms. The second-order valence-corrected chi connectivity index (χ2v) is 1.83. The molecule has 0 unspecified atom stereocenters. The second kappa shape index (κ2) is 2.88. The van der Waals surface area contributed by atoms with E-state index in [1.807, 2.05) is 0 Å². The fourth-order valence-corrected chi connectivity index (χ4v) is 0.614. The van der Waals surface area contributed by atoms with E-state index in [1.54, 1.807) is 0 Å². The van der Waals surface area contributed by atoms with Gasteiger partial charge in [0.15, 0.2) is 0 Å². The maximum atomic E-state index is 12.2. The van der Waals surface area contributed by atoms with Crippen LogP contribution in [0.4, 0.5) is 8.78 Å². The molecule has 0 amide bonds. The molecule has 10 heavy (non-hydrogen) atoms. The van der Waals surface area contributed by atoms with Crippen molar-refractivity contribution in [2.75, 3.05) is 0 Å². The maximum Gasteiger partial charge on any atom is 0.219 e. The molecule has 1 aromatic heterocycles. The van der Waals surface area contributed by atoms with Gasteiger partial charge in [0, 0.05) is 6.07 Å². The molecule has 0 bridgehead atoms. The topological polar surface area (TPSA) is 25.8 Å². The second-order valence-electron chi connectivity index (χ2n) is 1.56. The number of hydrogen-bond donors (Lipinski definition) is 0. The molecule has 0 aromatic carbocycles. The molecule has 0 saturated heterocycles. The van der Waals surface area contributed by atoms with E-state index in [0.29, 0.717) is 6.07 Å². The summed E-state index contributed by atoms with van der Waals surface area (Å²) in [4.78, 5) is 6.41. The highest BCUT2D eigenvalue weighted by atomic mass is 35.5. The molecule has 0 fully saturated rings. The van der Waals surface area contributed by atoms with Crippen LogP contribution in [0.3, 0.4) is 0 Å². The third-order valence-electron chi connectivity index (χ3n) is 0.829. The molecule has 0 N–H and O–H groups in total. The highest BCUT2D eigenvalue weighted by Crippen LogP contribution is 2.00. The summed E-state index contributed by atoms with van der Waals surface area (Å²) in [7, 11) is 0. The minimum atomic E-state index is -0.900. The Labute approximate surface area is 60.9 Å². The van der Waals surface area contributed by atoms with Gasteiger partial charge in [0.05, 0.1) is 5.88 Å². The molecule has 1 rings (SSSR count). The summed E-state index contributed by atoms with van der Waals surface area (Å²) in [5.41, 5.74) is 0. The van der Waals surface area contributed by atoms with E-state index in [1.165, 1.54) is 0 Å². The Kier molecular flexibility index (Phi) is 2.11. The van der Waals surface area contributed by atoms with Crippen LogP contribution in [0.25, 0.3) is 0 Å². The fourth-order valence-electron chi connectivity index (χ4n) is 0.494. The Hall–Kier alpha value is -0.770. The molecule has 0 aliphatic rings. The first-order valence-corrected chi connectivity index (χ1v) is 3.01. The lowest BCUT2D eigenvalue weighted by Gasteiger charge is -1.92. The Morgan fingerprint density at radius 2 is 1.80 bits per heavy atom. The molecule has 1 aromatic rings. The molecular weight excluding hydrogens is 162 g/mol. The number of alkyl halides is 1. The Bertz CT molecular complexity index is 221. The van der Waals surface area contributed by atoms with Crippen molar-refractivity contribution in [2.45, 2.75) is 5.88 Å². The van der Waals surface area contributed by atoms with Gasteiger partial charge in [0.1, 0.15) is 5.82 Å². The quantitative estimate of drug-likeness (QED) is 0.464. The minimum absolute atomic E-state index is 0.0424. The number of hydrogen-bond acceptors (Lipinski definition) is 2. The zero-order chi connectivity index (χ0) is 7.56. The predicted octanol–water partition coefficient (Wildman–Crippen LogP) is 1.49. The van der Waals surface area contributed by atoms with Crippen LogP contribution in [0.5, 0.6) is 0 Å². The monoisotopic (exact) mass is 164 g/mol. The molecule has 0 saturated carbocycles. The van der Waals surface area contributed by atoms with Crippen molar-refractivity contribution in [3.05, 3.63) is 23.8 Å². The first-order chi connectivity index (χ1) is 4.72. The lowest BCUT2D eigenvalue weighted by Crippen LogP contribution is -1.97. The number of halogens is 3. The first-order valence-electron chi connectivity index (χ1n) is 2.47. The van der Waals surface area contributed by atoms with Gasteiger partial charge in [0.2, 0.25) is 11.9 Å². The molecule has 5 heteroatoms. The van der Waals surface area contributed by atoms with E-state index < -0.39 is 11.9 Å². The maximum absolute atomic E-state index is 12.2. The third kappa shape index (κ3) is 1.60. The van der Waals surface area contributed by atoms with Crippen molar-refractivity contribution < 1.29 is 8.78 Å². The van der Waals surface area contributed by atoms with Crippen molar-refractivity contribution in [3.63, 3.8) is 0 Å². The Morgan fingerprint density at radius 1 is 1.30 bits per heavy atom. The van der Waals surface area contributed by atoms with Gasteiger partial charge in [-0.15, -0.1) is 11.6 Å². The van der Waals surface area contributed by atoms with Crippen molar-refractivity contribution >= 4 is 11.6 Å². The summed E-state index contributed by atoms with van der Waals surface area (Å²) in [6.07, 6.45) is 0. The van der Waals surface area contributed by atoms with E-state index in [0.717, 1.165) is 0 Å². The van der Waals surface area contributed by atoms with E-state index in [9.17, 15) is 8.78 Å². The van der Waals surface area contributed by atoms with Crippen LogP contribution >= 0.6 is 11.6 Å². The van der Waals surface area contributed by atoms with Crippen LogP contribution in [0.1, 0.15) is 5.82 Å². The van der Waals surface area contributed by atoms with Crippen LogP contribution in [0, 0.1) is 11.9 Å². The summed E-state index contributed by atoms with van der Waals surface area (Å²) in [5, 5.41) is 0. The third-order valence-corrected chi connectivity index (χ3v) is 1.07. The van der Waals surface area contributed by atoms with Crippen LogP contribution in [-0.2, 0) is 5.88 Å². The number of nitrogens with zero attached hydrogens (tertiary/aromatic N) is 2. The molecule has 1 heterocycles. The van der Waals surface area contributed by atoms with Crippen molar-refractivity contribution in [2.24, 2.45) is 0 Å². The molecule has 0 radical (unpaired) electrons. The Morgan fingerprint density at radius 3 is 2.20 bits per heavy atom. The van der Waals surface area contributed by atoms with Crippen molar-refractivity contribution in [1.82, 2.24) is 9.97 Å². The fraction of sp³-hybridized carbons (Fsp3) is 0.200. The van der Waals surface area contributed by atoms with Crippen LogP contribution < -0.4 is 0 Å².